The summed E-state index contributed by atoms with van der Waals surface area (Å²) in [5.74, 6) is 3.76. The van der Waals surface area contributed by atoms with Gasteiger partial charge < -0.3 is 9.84 Å². The van der Waals surface area contributed by atoms with Crippen molar-refractivity contribution in [2.45, 2.75) is 19.4 Å². The maximum atomic E-state index is 12.2. The number of benzene rings is 1. The van der Waals surface area contributed by atoms with Crippen LogP contribution in [0.3, 0.4) is 0 Å². The van der Waals surface area contributed by atoms with Gasteiger partial charge in [0.2, 0.25) is 0 Å². The van der Waals surface area contributed by atoms with E-state index >= 15 is 0 Å². The number of carbonyl (C=O) groups is 2. The normalized spacial score (nSPS) is 23.2. The van der Waals surface area contributed by atoms with E-state index < -0.39 is 17.4 Å². The highest BCUT2D eigenvalue weighted by atomic mass is 16.5. The molecule has 0 aromatic heterocycles. The van der Waals surface area contributed by atoms with Crippen molar-refractivity contribution in [3.05, 3.63) is 35.9 Å². The lowest BCUT2D eigenvalue weighted by Gasteiger charge is -2.35. The van der Waals surface area contributed by atoms with Crippen LogP contribution in [-0.4, -0.2) is 35.1 Å². The van der Waals surface area contributed by atoms with Gasteiger partial charge in [0.15, 0.2) is 5.41 Å². The third-order valence-electron chi connectivity index (χ3n) is 3.53. The first-order valence-electron chi connectivity index (χ1n) is 6.49. The number of hydrazine groups is 1. The van der Waals surface area contributed by atoms with E-state index in [0.717, 1.165) is 5.56 Å². The average Bonchev–Trinajstić information content (AvgIpc) is 2.45. The van der Waals surface area contributed by atoms with Gasteiger partial charge >= 0.3 is 11.9 Å². The number of esters is 1. The van der Waals surface area contributed by atoms with Crippen molar-refractivity contribution < 1.29 is 19.4 Å². The molecule has 0 bridgehead atoms. The lowest BCUT2D eigenvalue weighted by molar-refractivity contribution is -0.174. The number of nitrogens with zero attached hydrogens (tertiary/aromatic N) is 1. The summed E-state index contributed by atoms with van der Waals surface area (Å²) in [5, 5.41) is 10.8. The third kappa shape index (κ3) is 2.97. The number of hydrogen-bond donors (Lipinski definition) is 2. The first-order valence-corrected chi connectivity index (χ1v) is 6.49. The van der Waals surface area contributed by atoms with Gasteiger partial charge in [-0.3, -0.25) is 15.4 Å². The van der Waals surface area contributed by atoms with E-state index in [4.69, 9.17) is 10.6 Å². The van der Waals surface area contributed by atoms with Crippen LogP contribution in [0, 0.1) is 5.41 Å². The van der Waals surface area contributed by atoms with Crippen molar-refractivity contribution in [3.8, 4) is 0 Å². The molecule has 0 saturated carbocycles. The zero-order valence-corrected chi connectivity index (χ0v) is 11.1. The monoisotopic (exact) mass is 278 g/mol. The Hall–Kier alpha value is -1.92. The molecule has 1 aliphatic rings. The average molecular weight is 278 g/mol. The molecule has 0 aliphatic carbocycles. The maximum absolute atomic E-state index is 12.2. The minimum Gasteiger partial charge on any atom is -0.480 e. The minimum atomic E-state index is -1.55. The molecule has 1 saturated heterocycles. The van der Waals surface area contributed by atoms with Crippen molar-refractivity contribution in [2.24, 2.45) is 11.3 Å². The van der Waals surface area contributed by atoms with Crippen molar-refractivity contribution in [3.63, 3.8) is 0 Å². The standard InChI is InChI=1S/C14H18N2O4/c15-16-8-4-7-14(10-16,12(17)18)13(19)20-9-11-5-2-1-3-6-11/h1-3,5-6H,4,7-10,15H2,(H,17,18)/t14-/m1/s1. The van der Waals surface area contributed by atoms with E-state index in [2.05, 4.69) is 0 Å². The predicted molar refractivity (Wildman–Crippen MR) is 71.3 cm³/mol. The molecule has 0 radical (unpaired) electrons. The maximum Gasteiger partial charge on any atom is 0.325 e. The van der Waals surface area contributed by atoms with Crippen LogP contribution in [-0.2, 0) is 20.9 Å². The van der Waals surface area contributed by atoms with E-state index in [9.17, 15) is 14.7 Å². The number of piperidine rings is 1. The van der Waals surface area contributed by atoms with Gasteiger partial charge in [0.1, 0.15) is 6.61 Å². The molecular formula is C14H18N2O4. The second kappa shape index (κ2) is 6.02. The summed E-state index contributed by atoms with van der Waals surface area (Å²) >= 11 is 0. The molecule has 3 N–H and O–H groups in total. The van der Waals surface area contributed by atoms with Crippen LogP contribution in [0.5, 0.6) is 0 Å². The van der Waals surface area contributed by atoms with E-state index in [0.29, 0.717) is 13.0 Å². The molecule has 1 aromatic carbocycles. The lowest BCUT2D eigenvalue weighted by atomic mass is 9.80. The number of nitrogens with two attached hydrogens (primary N) is 1. The molecule has 1 fully saturated rings. The Bertz CT molecular complexity index is 491. The molecule has 1 aromatic rings. The summed E-state index contributed by atoms with van der Waals surface area (Å²) in [5.41, 5.74) is -0.733. The fourth-order valence-corrected chi connectivity index (χ4v) is 2.38. The fraction of sp³-hybridized carbons (Fsp3) is 0.429. The van der Waals surface area contributed by atoms with Crippen LogP contribution in [0.4, 0.5) is 0 Å². The second-order valence-corrected chi connectivity index (χ2v) is 5.02. The van der Waals surface area contributed by atoms with Crippen molar-refractivity contribution in [1.82, 2.24) is 5.01 Å². The van der Waals surface area contributed by atoms with Gasteiger partial charge in [-0.1, -0.05) is 30.3 Å². The number of rotatable bonds is 4. The summed E-state index contributed by atoms with van der Waals surface area (Å²) in [6.07, 6.45) is 0.812. The van der Waals surface area contributed by atoms with Crippen molar-refractivity contribution >= 4 is 11.9 Å². The van der Waals surface area contributed by atoms with E-state index in [1.807, 2.05) is 30.3 Å². The summed E-state index contributed by atoms with van der Waals surface area (Å²) in [7, 11) is 0. The summed E-state index contributed by atoms with van der Waals surface area (Å²) in [6, 6.07) is 9.15. The highest BCUT2D eigenvalue weighted by Gasteiger charge is 2.50. The number of carboxylic acid groups (broad SMARTS) is 1. The molecule has 1 atom stereocenters. The second-order valence-electron chi connectivity index (χ2n) is 5.02. The zero-order chi connectivity index (χ0) is 14.6. The molecule has 1 aliphatic heterocycles. The van der Waals surface area contributed by atoms with Crippen LogP contribution in [0.1, 0.15) is 18.4 Å². The summed E-state index contributed by atoms with van der Waals surface area (Å²) < 4.78 is 5.18. The largest absolute Gasteiger partial charge is 0.480 e. The number of ether oxygens (including phenoxy) is 1. The number of carbonyl (C=O) groups excluding carboxylic acids is 1. The van der Waals surface area contributed by atoms with Crippen LogP contribution in [0.2, 0.25) is 0 Å². The van der Waals surface area contributed by atoms with Gasteiger partial charge in [0, 0.05) is 13.1 Å². The van der Waals surface area contributed by atoms with Gasteiger partial charge in [0.05, 0.1) is 0 Å². The summed E-state index contributed by atoms with van der Waals surface area (Å²) in [4.78, 5) is 23.7. The van der Waals surface area contributed by atoms with Gasteiger partial charge in [0.25, 0.3) is 0 Å². The molecular weight excluding hydrogens is 260 g/mol. The zero-order valence-electron chi connectivity index (χ0n) is 11.1. The van der Waals surface area contributed by atoms with E-state index in [-0.39, 0.29) is 19.6 Å². The van der Waals surface area contributed by atoms with Crippen molar-refractivity contribution in [1.29, 1.82) is 0 Å². The molecule has 6 nitrogen and oxygen atoms in total. The van der Waals surface area contributed by atoms with Gasteiger partial charge in [-0.15, -0.1) is 0 Å². The Labute approximate surface area is 117 Å². The lowest BCUT2D eigenvalue weighted by Crippen LogP contribution is -2.55. The molecule has 1 heterocycles. The van der Waals surface area contributed by atoms with Gasteiger partial charge in [-0.05, 0) is 18.4 Å². The first kappa shape index (κ1) is 14.5. The Morgan fingerprint density at radius 2 is 2.05 bits per heavy atom. The highest BCUT2D eigenvalue weighted by molar-refractivity contribution is 5.99. The van der Waals surface area contributed by atoms with Gasteiger partial charge in [-0.25, -0.2) is 5.01 Å². The SMILES string of the molecule is NN1CCC[C@@](C(=O)O)(C(=O)OCc2ccccc2)C1. The van der Waals surface area contributed by atoms with E-state index in [1.165, 1.54) is 5.01 Å². The minimum absolute atomic E-state index is 0.0179. The Morgan fingerprint density at radius 3 is 2.65 bits per heavy atom. The molecule has 0 unspecified atom stereocenters. The van der Waals surface area contributed by atoms with Crippen LogP contribution in [0.25, 0.3) is 0 Å². The van der Waals surface area contributed by atoms with Crippen LogP contribution < -0.4 is 5.84 Å². The topological polar surface area (TPSA) is 92.9 Å². The number of aliphatic carboxylic acids is 1. The highest BCUT2D eigenvalue weighted by Crippen LogP contribution is 2.31. The number of carboxylic acids is 1. The van der Waals surface area contributed by atoms with Crippen LogP contribution in [0.15, 0.2) is 30.3 Å². The molecule has 108 valence electrons. The quantitative estimate of drug-likeness (QED) is 0.480. The van der Waals surface area contributed by atoms with Crippen LogP contribution >= 0.6 is 0 Å². The Kier molecular flexibility index (Phi) is 4.36. The van der Waals surface area contributed by atoms with Gasteiger partial charge in [-0.2, -0.15) is 0 Å². The molecule has 2 rings (SSSR count). The number of hydrogen-bond acceptors (Lipinski definition) is 5. The first-order chi connectivity index (χ1) is 9.54. The molecule has 6 heteroatoms. The van der Waals surface area contributed by atoms with E-state index in [1.54, 1.807) is 0 Å². The predicted octanol–water partition coefficient (Wildman–Crippen LogP) is 0.770. The molecule has 0 spiro atoms. The summed E-state index contributed by atoms with van der Waals surface area (Å²) in [6.45, 7) is 0.635. The Balaban J connectivity index is 2.06. The molecule has 0 amide bonds. The molecule has 20 heavy (non-hydrogen) atoms. The smallest absolute Gasteiger partial charge is 0.325 e. The Morgan fingerprint density at radius 1 is 1.35 bits per heavy atom. The fourth-order valence-electron chi connectivity index (χ4n) is 2.38. The van der Waals surface area contributed by atoms with Crippen molar-refractivity contribution in [2.75, 3.05) is 13.1 Å². The third-order valence-corrected chi connectivity index (χ3v) is 3.53.